The Hall–Kier alpha value is -3.92. The van der Waals surface area contributed by atoms with E-state index >= 15 is 0 Å². The number of nitrogens with one attached hydrogen (secondary N) is 1. The van der Waals surface area contributed by atoms with Gasteiger partial charge in [0.15, 0.2) is 6.04 Å². The van der Waals surface area contributed by atoms with Crippen molar-refractivity contribution in [2.75, 3.05) is 17.4 Å². The molecule has 1 aliphatic rings. The summed E-state index contributed by atoms with van der Waals surface area (Å²) in [5.74, 6) is 0.300. The van der Waals surface area contributed by atoms with Gasteiger partial charge >= 0.3 is 0 Å². The average molecular weight is 449 g/mol. The molecule has 2 heterocycles. The van der Waals surface area contributed by atoms with Gasteiger partial charge in [-0.15, -0.1) is 11.3 Å². The lowest BCUT2D eigenvalue weighted by molar-refractivity contribution is -0.118. The van der Waals surface area contributed by atoms with Crippen LogP contribution >= 0.6 is 11.3 Å². The molecule has 0 bridgehead atoms. The topological polar surface area (TPSA) is 109 Å². The number of hydrogen-bond donors (Lipinski definition) is 1. The average Bonchev–Trinajstić information content (AvgIpc) is 3.38. The van der Waals surface area contributed by atoms with Crippen molar-refractivity contribution in [1.29, 1.82) is 0 Å². The van der Waals surface area contributed by atoms with E-state index in [-0.39, 0.29) is 11.8 Å². The Morgan fingerprint density at radius 1 is 1.16 bits per heavy atom. The summed E-state index contributed by atoms with van der Waals surface area (Å²) in [6, 6.07) is 13.6. The quantitative estimate of drug-likeness (QED) is 0.554. The fourth-order valence-corrected chi connectivity index (χ4v) is 3.81. The number of amides is 2. The van der Waals surface area contributed by atoms with Crippen molar-refractivity contribution in [3.63, 3.8) is 0 Å². The van der Waals surface area contributed by atoms with Gasteiger partial charge in [-0.2, -0.15) is 20.3 Å². The minimum absolute atomic E-state index is 0.153. The number of azo groups is 1. The first-order valence-electron chi connectivity index (χ1n) is 9.72. The standard InChI is InChI=1S/C22H20N6O3S/c1-13-20(26-25-17-8-6-16(7-9-17)23-14(2)29)21(30)28(27-13)22-24-19(12-32-22)15-4-10-18(31-3)11-5-15/h4-12,20H,1-3H3,(H,23,29). The maximum atomic E-state index is 12.9. The fourth-order valence-electron chi connectivity index (χ4n) is 3.02. The molecule has 0 saturated heterocycles. The van der Waals surface area contributed by atoms with E-state index in [1.807, 2.05) is 29.6 Å². The van der Waals surface area contributed by atoms with Crippen molar-refractivity contribution in [1.82, 2.24) is 4.98 Å². The zero-order chi connectivity index (χ0) is 22.7. The summed E-state index contributed by atoms with van der Waals surface area (Å²) in [5, 5.41) is 19.0. The number of nitrogens with zero attached hydrogens (tertiary/aromatic N) is 5. The minimum Gasteiger partial charge on any atom is -0.497 e. The van der Waals surface area contributed by atoms with Gasteiger partial charge in [-0.3, -0.25) is 9.59 Å². The van der Waals surface area contributed by atoms with Crippen LogP contribution in [-0.4, -0.2) is 35.7 Å². The van der Waals surface area contributed by atoms with Crippen molar-refractivity contribution in [2.24, 2.45) is 15.3 Å². The Balaban J connectivity index is 1.47. The Kier molecular flexibility index (Phi) is 6.04. The van der Waals surface area contributed by atoms with E-state index in [1.165, 1.54) is 23.3 Å². The summed E-state index contributed by atoms with van der Waals surface area (Å²) in [7, 11) is 1.61. The van der Waals surface area contributed by atoms with E-state index in [9.17, 15) is 9.59 Å². The Labute approximate surface area is 188 Å². The second kappa shape index (κ2) is 9.06. The maximum Gasteiger partial charge on any atom is 0.282 e. The number of ether oxygens (including phenoxy) is 1. The normalized spacial score (nSPS) is 15.8. The molecular formula is C22H20N6O3S. The second-order valence-corrected chi connectivity index (χ2v) is 7.82. The van der Waals surface area contributed by atoms with Gasteiger partial charge in [0.25, 0.3) is 5.91 Å². The third-order valence-electron chi connectivity index (χ3n) is 4.63. The Morgan fingerprint density at radius 2 is 1.88 bits per heavy atom. The zero-order valence-electron chi connectivity index (χ0n) is 17.6. The van der Waals surface area contributed by atoms with E-state index in [0.29, 0.717) is 22.2 Å². The number of aromatic nitrogens is 1. The summed E-state index contributed by atoms with van der Waals surface area (Å²) in [5.41, 5.74) is 3.43. The Bertz CT molecular complexity index is 1200. The van der Waals surface area contributed by atoms with Gasteiger partial charge in [0.2, 0.25) is 11.0 Å². The van der Waals surface area contributed by atoms with Crippen molar-refractivity contribution in [2.45, 2.75) is 19.9 Å². The van der Waals surface area contributed by atoms with Crippen LogP contribution in [0, 0.1) is 0 Å². The van der Waals surface area contributed by atoms with Gasteiger partial charge in [0, 0.05) is 23.6 Å². The molecule has 162 valence electrons. The first-order chi connectivity index (χ1) is 15.4. The molecule has 0 spiro atoms. The van der Waals surface area contributed by atoms with Crippen molar-refractivity contribution in [3.05, 3.63) is 53.9 Å². The van der Waals surface area contributed by atoms with Crippen LogP contribution in [0.2, 0.25) is 0 Å². The van der Waals surface area contributed by atoms with Crippen molar-refractivity contribution in [3.8, 4) is 17.0 Å². The van der Waals surface area contributed by atoms with E-state index in [0.717, 1.165) is 17.0 Å². The van der Waals surface area contributed by atoms with Gasteiger partial charge in [-0.25, -0.2) is 4.98 Å². The molecule has 1 unspecified atom stereocenters. The van der Waals surface area contributed by atoms with Crippen LogP contribution in [0.1, 0.15) is 13.8 Å². The number of rotatable bonds is 6. The zero-order valence-corrected chi connectivity index (χ0v) is 18.5. The highest BCUT2D eigenvalue weighted by Gasteiger charge is 2.36. The van der Waals surface area contributed by atoms with Crippen LogP contribution in [0.4, 0.5) is 16.5 Å². The summed E-state index contributed by atoms with van der Waals surface area (Å²) >= 11 is 1.33. The number of hydrogen-bond acceptors (Lipinski definition) is 8. The molecular weight excluding hydrogens is 428 g/mol. The van der Waals surface area contributed by atoms with Gasteiger partial charge in [-0.1, -0.05) is 0 Å². The largest absolute Gasteiger partial charge is 0.497 e. The molecule has 0 saturated carbocycles. The van der Waals surface area contributed by atoms with Crippen LogP contribution in [0.25, 0.3) is 11.3 Å². The first kappa shape index (κ1) is 21.3. The number of thiazole rings is 1. The minimum atomic E-state index is -0.807. The number of benzene rings is 2. The smallest absolute Gasteiger partial charge is 0.282 e. The third-order valence-corrected chi connectivity index (χ3v) is 5.45. The lowest BCUT2D eigenvalue weighted by atomic mass is 10.2. The van der Waals surface area contributed by atoms with Crippen LogP contribution in [-0.2, 0) is 9.59 Å². The molecule has 32 heavy (non-hydrogen) atoms. The fraction of sp³-hybridized carbons (Fsp3) is 0.182. The number of methoxy groups -OCH3 is 1. The van der Waals surface area contributed by atoms with Gasteiger partial charge < -0.3 is 10.1 Å². The molecule has 9 nitrogen and oxygen atoms in total. The number of carbonyl (C=O) groups is 2. The first-order valence-corrected chi connectivity index (χ1v) is 10.6. The SMILES string of the molecule is COc1ccc(-c2csc(N3N=C(C)C(N=Nc4ccc(NC(C)=O)cc4)C3=O)n2)cc1. The van der Waals surface area contributed by atoms with Crippen LogP contribution < -0.4 is 15.1 Å². The number of carbonyl (C=O) groups excluding carboxylic acids is 2. The highest BCUT2D eigenvalue weighted by molar-refractivity contribution is 7.14. The molecule has 10 heteroatoms. The molecule has 0 aliphatic carbocycles. The molecule has 1 aromatic heterocycles. The molecule has 2 aromatic carbocycles. The highest BCUT2D eigenvalue weighted by Crippen LogP contribution is 2.31. The summed E-state index contributed by atoms with van der Waals surface area (Å²) in [4.78, 5) is 28.6. The molecule has 0 radical (unpaired) electrons. The highest BCUT2D eigenvalue weighted by atomic mass is 32.1. The molecule has 3 aromatic rings. The van der Waals surface area contributed by atoms with Crippen LogP contribution in [0.5, 0.6) is 5.75 Å². The van der Waals surface area contributed by atoms with Crippen molar-refractivity contribution >= 4 is 45.4 Å². The maximum absolute atomic E-state index is 12.9. The molecule has 1 N–H and O–H groups in total. The van der Waals surface area contributed by atoms with Gasteiger partial charge in [-0.05, 0) is 55.5 Å². The predicted molar refractivity (Wildman–Crippen MR) is 124 cm³/mol. The summed E-state index contributed by atoms with van der Waals surface area (Å²) < 4.78 is 5.18. The van der Waals surface area contributed by atoms with E-state index < -0.39 is 6.04 Å². The lowest BCUT2D eigenvalue weighted by Gasteiger charge is -2.08. The summed E-state index contributed by atoms with van der Waals surface area (Å²) in [6.45, 7) is 3.18. The third kappa shape index (κ3) is 4.54. The summed E-state index contributed by atoms with van der Waals surface area (Å²) in [6.07, 6.45) is 0. The number of anilines is 2. The van der Waals surface area contributed by atoms with Gasteiger partial charge in [0.05, 0.1) is 24.2 Å². The van der Waals surface area contributed by atoms with Crippen LogP contribution in [0.3, 0.4) is 0 Å². The van der Waals surface area contributed by atoms with Gasteiger partial charge in [0.1, 0.15) is 5.75 Å². The Morgan fingerprint density at radius 3 is 2.53 bits per heavy atom. The van der Waals surface area contributed by atoms with Crippen molar-refractivity contribution < 1.29 is 14.3 Å². The molecule has 2 amide bonds. The molecule has 4 rings (SSSR count). The predicted octanol–water partition coefficient (Wildman–Crippen LogP) is 4.65. The lowest BCUT2D eigenvalue weighted by Crippen LogP contribution is -2.29. The molecule has 0 fully saturated rings. The number of hydrazone groups is 1. The van der Waals surface area contributed by atoms with E-state index in [2.05, 4.69) is 25.6 Å². The molecule has 1 atom stereocenters. The van der Waals surface area contributed by atoms with Crippen LogP contribution in [0.15, 0.2) is 69.2 Å². The van der Waals surface area contributed by atoms with E-state index in [4.69, 9.17) is 4.74 Å². The monoisotopic (exact) mass is 448 g/mol. The second-order valence-electron chi connectivity index (χ2n) is 6.98. The molecule has 1 aliphatic heterocycles. The van der Waals surface area contributed by atoms with E-state index in [1.54, 1.807) is 38.3 Å².